The second-order valence-corrected chi connectivity index (χ2v) is 9.44. The molecule has 0 radical (unpaired) electrons. The highest BCUT2D eigenvalue weighted by Crippen LogP contribution is 2.31. The van der Waals surface area contributed by atoms with Gasteiger partial charge in [-0.1, -0.05) is 71.4 Å². The number of hydrogen-bond donors (Lipinski definition) is 1. The molecular weight excluding hydrogens is 360 g/mol. The van der Waals surface area contributed by atoms with Gasteiger partial charge >= 0.3 is 10.1 Å². The Labute approximate surface area is 166 Å². The fraction of sp³-hybridized carbons (Fsp3) is 0.727. The lowest BCUT2D eigenvalue weighted by atomic mass is 10.0. The van der Waals surface area contributed by atoms with E-state index in [-0.39, 0.29) is 6.42 Å². The van der Waals surface area contributed by atoms with Crippen LogP contribution in [0.5, 0.6) is 5.75 Å². The third kappa shape index (κ3) is 7.82. The van der Waals surface area contributed by atoms with Crippen molar-refractivity contribution in [3.05, 3.63) is 29.3 Å². The average Bonchev–Trinajstić information content (AvgIpc) is 2.62. The van der Waals surface area contributed by atoms with Crippen molar-refractivity contribution in [2.24, 2.45) is 0 Å². The minimum atomic E-state index is -4.32. The normalized spacial score (nSPS) is 14.1. The number of unbranched alkanes of at least 4 members (excludes halogenated alkanes) is 6. The maximum atomic E-state index is 11.9. The summed E-state index contributed by atoms with van der Waals surface area (Å²) in [5.74, 6) is 0.599. The van der Waals surface area contributed by atoms with Crippen molar-refractivity contribution in [1.29, 1.82) is 0 Å². The monoisotopic (exact) mass is 398 g/mol. The molecule has 1 atom stereocenters. The maximum absolute atomic E-state index is 11.9. The molecule has 1 N–H and O–H groups in total. The minimum absolute atomic E-state index is 0.182. The molecule has 0 saturated heterocycles. The van der Waals surface area contributed by atoms with E-state index < -0.39 is 15.1 Å². The molecule has 0 aliphatic carbocycles. The zero-order valence-electron chi connectivity index (χ0n) is 17.6. The fourth-order valence-electron chi connectivity index (χ4n) is 3.09. The first-order chi connectivity index (χ1) is 12.8. The van der Waals surface area contributed by atoms with Crippen LogP contribution in [0.25, 0.3) is 0 Å². The van der Waals surface area contributed by atoms with E-state index in [2.05, 4.69) is 26.0 Å². The molecule has 0 aromatic heterocycles. The Morgan fingerprint density at radius 2 is 1.52 bits per heavy atom. The van der Waals surface area contributed by atoms with Crippen LogP contribution < -0.4 is 4.74 Å². The summed E-state index contributed by atoms with van der Waals surface area (Å²) in [5, 5.41) is 0. The molecule has 1 aromatic rings. The van der Waals surface area contributed by atoms with Crippen molar-refractivity contribution in [2.45, 2.75) is 103 Å². The van der Waals surface area contributed by atoms with Crippen LogP contribution in [0.3, 0.4) is 0 Å². The third-order valence-corrected chi connectivity index (χ3v) is 6.73. The Hall–Kier alpha value is -1.07. The molecule has 5 heteroatoms. The van der Waals surface area contributed by atoms with Gasteiger partial charge in [0.1, 0.15) is 5.75 Å². The number of benzene rings is 1. The quantitative estimate of drug-likeness (QED) is 0.294. The molecule has 0 spiro atoms. The Kier molecular flexibility index (Phi) is 10.4. The summed E-state index contributed by atoms with van der Waals surface area (Å²) in [4.78, 5) is -1.62. The molecule has 1 unspecified atom stereocenters. The lowest BCUT2D eigenvalue weighted by Gasteiger charge is -2.28. The predicted molar refractivity (Wildman–Crippen MR) is 113 cm³/mol. The number of hydrogen-bond acceptors (Lipinski definition) is 3. The lowest BCUT2D eigenvalue weighted by molar-refractivity contribution is 0.153. The summed E-state index contributed by atoms with van der Waals surface area (Å²) < 4.78 is 39.3. The zero-order chi connectivity index (χ0) is 20.3. The average molecular weight is 399 g/mol. The van der Waals surface area contributed by atoms with E-state index in [1.165, 1.54) is 39.0 Å². The highest BCUT2D eigenvalue weighted by Gasteiger charge is 2.39. The van der Waals surface area contributed by atoms with Gasteiger partial charge in [0, 0.05) is 6.42 Å². The smallest absolute Gasteiger partial charge is 0.306 e. The topological polar surface area (TPSA) is 63.6 Å². The first-order valence-electron chi connectivity index (χ1n) is 10.5. The molecule has 156 valence electrons. The molecule has 1 rings (SSSR count). The highest BCUT2D eigenvalue weighted by molar-refractivity contribution is 7.87. The molecule has 0 heterocycles. The molecule has 0 aliphatic rings. The van der Waals surface area contributed by atoms with Crippen LogP contribution in [0, 0.1) is 0 Å². The summed E-state index contributed by atoms with van der Waals surface area (Å²) in [7, 11) is -4.32. The summed E-state index contributed by atoms with van der Waals surface area (Å²) in [6.45, 7) is 7.53. The van der Waals surface area contributed by atoms with Gasteiger partial charge in [-0.2, -0.15) is 8.42 Å². The molecule has 4 nitrogen and oxygen atoms in total. The van der Waals surface area contributed by atoms with Crippen molar-refractivity contribution in [1.82, 2.24) is 0 Å². The second-order valence-electron chi connectivity index (χ2n) is 7.63. The van der Waals surface area contributed by atoms with Crippen molar-refractivity contribution < 1.29 is 17.7 Å². The van der Waals surface area contributed by atoms with Crippen LogP contribution in [0.4, 0.5) is 0 Å². The first kappa shape index (κ1) is 24.0. The minimum Gasteiger partial charge on any atom is -0.469 e. The third-order valence-electron chi connectivity index (χ3n) is 5.26. The molecule has 27 heavy (non-hydrogen) atoms. The largest absolute Gasteiger partial charge is 0.469 e. The number of aryl methyl sites for hydroxylation is 2. The maximum Gasteiger partial charge on any atom is 0.306 e. The Bertz CT molecular complexity index is 654. The van der Waals surface area contributed by atoms with Gasteiger partial charge in [0.25, 0.3) is 0 Å². The van der Waals surface area contributed by atoms with Gasteiger partial charge in [-0.15, -0.1) is 0 Å². The number of rotatable bonds is 14. The summed E-state index contributed by atoms with van der Waals surface area (Å²) in [6.07, 6.45) is 11.3. The molecule has 0 saturated carbocycles. The molecule has 0 fully saturated rings. The first-order valence-corrected chi connectivity index (χ1v) is 12.0. The summed E-state index contributed by atoms with van der Waals surface area (Å²) in [5.41, 5.74) is 2.18. The van der Waals surface area contributed by atoms with Gasteiger partial charge in [0.2, 0.25) is 4.93 Å². The Morgan fingerprint density at radius 1 is 0.926 bits per heavy atom. The standard InChI is InChI=1S/C22H38O4S/c1-5-8-10-12-14-19-16-17-20(15-13-11-9-6-2)21(18-19)26-22(4,7-3)27(23,24)25/h16-18H,5-15H2,1-4H3,(H,23,24,25). The van der Waals surface area contributed by atoms with E-state index in [4.69, 9.17) is 4.74 Å². The fourth-order valence-corrected chi connectivity index (χ4v) is 3.65. The van der Waals surface area contributed by atoms with Crippen LogP contribution in [-0.2, 0) is 23.0 Å². The molecule has 0 aliphatic heterocycles. The van der Waals surface area contributed by atoms with Gasteiger partial charge in [0.05, 0.1) is 0 Å². The van der Waals surface area contributed by atoms with Crippen LogP contribution in [-0.4, -0.2) is 17.9 Å². The Balaban J connectivity index is 3.01. The molecule has 0 bridgehead atoms. The van der Waals surface area contributed by atoms with Crippen molar-refractivity contribution in [2.75, 3.05) is 0 Å². The predicted octanol–water partition coefficient (Wildman–Crippen LogP) is 6.33. The number of ether oxygens (including phenoxy) is 1. The molecule has 0 amide bonds. The van der Waals surface area contributed by atoms with Gasteiger partial charge in [0.15, 0.2) is 0 Å². The van der Waals surface area contributed by atoms with E-state index in [1.807, 2.05) is 6.07 Å². The zero-order valence-corrected chi connectivity index (χ0v) is 18.4. The van der Waals surface area contributed by atoms with Crippen LogP contribution in [0.15, 0.2) is 18.2 Å². The van der Waals surface area contributed by atoms with E-state index >= 15 is 0 Å². The van der Waals surface area contributed by atoms with Crippen molar-refractivity contribution in [3.63, 3.8) is 0 Å². The van der Waals surface area contributed by atoms with Crippen LogP contribution in [0.1, 0.15) is 96.6 Å². The van der Waals surface area contributed by atoms with Crippen molar-refractivity contribution in [3.8, 4) is 5.75 Å². The lowest BCUT2D eigenvalue weighted by Crippen LogP contribution is -2.40. The molecular formula is C22H38O4S. The summed E-state index contributed by atoms with van der Waals surface area (Å²) >= 11 is 0. The van der Waals surface area contributed by atoms with E-state index in [1.54, 1.807) is 6.92 Å². The van der Waals surface area contributed by atoms with Gasteiger partial charge in [-0.25, -0.2) is 0 Å². The van der Waals surface area contributed by atoms with Crippen LogP contribution >= 0.6 is 0 Å². The van der Waals surface area contributed by atoms with E-state index in [9.17, 15) is 13.0 Å². The highest BCUT2D eigenvalue weighted by atomic mass is 32.2. The van der Waals surface area contributed by atoms with Crippen molar-refractivity contribution >= 4 is 10.1 Å². The van der Waals surface area contributed by atoms with E-state index in [0.717, 1.165) is 43.2 Å². The van der Waals surface area contributed by atoms with Crippen LogP contribution in [0.2, 0.25) is 0 Å². The molecule has 1 aromatic carbocycles. The Morgan fingerprint density at radius 3 is 2.04 bits per heavy atom. The van der Waals surface area contributed by atoms with Gasteiger partial charge < -0.3 is 4.74 Å². The van der Waals surface area contributed by atoms with Gasteiger partial charge in [-0.05, 0) is 49.8 Å². The van der Waals surface area contributed by atoms with Gasteiger partial charge in [-0.3, -0.25) is 4.55 Å². The SMILES string of the molecule is CCCCCCc1ccc(CCCCCC)c(OC(C)(CC)S(=O)(=O)O)c1. The van der Waals surface area contributed by atoms with E-state index in [0.29, 0.717) is 5.75 Å². The second kappa shape index (κ2) is 11.7. The summed E-state index contributed by atoms with van der Waals surface area (Å²) in [6, 6.07) is 6.17.